The number of hydrogen-bond acceptors (Lipinski definition) is 2. The number of rotatable bonds is 7. The summed E-state index contributed by atoms with van der Waals surface area (Å²) in [5.41, 5.74) is 5.46. The maximum absolute atomic E-state index is 12.4. The van der Waals surface area contributed by atoms with Gasteiger partial charge in [0.05, 0.1) is 5.92 Å². The zero-order valence-electron chi connectivity index (χ0n) is 11.3. The number of carbonyl (C=O) groups is 1. The van der Waals surface area contributed by atoms with Crippen LogP contribution in [0, 0.1) is 11.8 Å². The molecule has 1 unspecified atom stereocenters. The molecule has 0 aromatic rings. The van der Waals surface area contributed by atoms with Crippen molar-refractivity contribution in [1.82, 2.24) is 4.90 Å². The predicted molar refractivity (Wildman–Crippen MR) is 64.9 cm³/mol. The van der Waals surface area contributed by atoms with Crippen LogP contribution in [0.1, 0.15) is 33.6 Å². The molecule has 6 heteroatoms. The Kier molecular flexibility index (Phi) is 7.28. The maximum Gasteiger partial charge on any atom is 0.406 e. The minimum atomic E-state index is -4.37. The zero-order chi connectivity index (χ0) is 14.3. The summed E-state index contributed by atoms with van der Waals surface area (Å²) in [7, 11) is 0. The number of alkyl halides is 3. The summed E-state index contributed by atoms with van der Waals surface area (Å²) in [5.74, 6) is -0.988. The molecular weight excluding hydrogens is 245 g/mol. The molecule has 0 rings (SSSR count). The average molecular weight is 268 g/mol. The van der Waals surface area contributed by atoms with Crippen molar-refractivity contribution in [2.75, 3.05) is 19.6 Å². The summed E-state index contributed by atoms with van der Waals surface area (Å²) in [5, 5.41) is 0. The Labute approximate surface area is 107 Å². The van der Waals surface area contributed by atoms with Crippen molar-refractivity contribution < 1.29 is 18.0 Å². The topological polar surface area (TPSA) is 46.3 Å². The summed E-state index contributed by atoms with van der Waals surface area (Å²) in [6.45, 7) is 4.47. The fraction of sp³-hybridized carbons (Fsp3) is 0.917. The highest BCUT2D eigenvalue weighted by molar-refractivity contribution is 5.79. The molecule has 18 heavy (non-hydrogen) atoms. The molecule has 0 aromatic heterocycles. The molecule has 0 aromatic carbocycles. The Morgan fingerprint density at radius 3 is 2.22 bits per heavy atom. The number of amides is 1. The Bertz CT molecular complexity index is 254. The SMILES string of the molecule is CCCC(CN)C(=O)N(CC(C)C)CC(F)(F)F. The van der Waals surface area contributed by atoms with Gasteiger partial charge < -0.3 is 10.6 Å². The molecule has 1 atom stereocenters. The molecule has 2 N–H and O–H groups in total. The van der Waals surface area contributed by atoms with Gasteiger partial charge in [0.1, 0.15) is 6.54 Å². The average Bonchev–Trinajstić information content (AvgIpc) is 2.21. The van der Waals surface area contributed by atoms with Crippen LogP contribution in [0.2, 0.25) is 0 Å². The predicted octanol–water partition coefficient (Wildman–Crippen LogP) is 2.41. The largest absolute Gasteiger partial charge is 0.406 e. The minimum absolute atomic E-state index is 0.00338. The van der Waals surface area contributed by atoms with E-state index in [0.717, 1.165) is 11.3 Å². The first kappa shape index (κ1) is 17.2. The van der Waals surface area contributed by atoms with Crippen molar-refractivity contribution in [3.8, 4) is 0 Å². The lowest BCUT2D eigenvalue weighted by Crippen LogP contribution is -2.45. The van der Waals surface area contributed by atoms with Crippen molar-refractivity contribution in [3.63, 3.8) is 0 Å². The second-order valence-electron chi connectivity index (χ2n) is 4.95. The molecular formula is C12H23F3N2O. The first-order valence-corrected chi connectivity index (χ1v) is 6.26. The molecule has 0 bridgehead atoms. The van der Waals surface area contributed by atoms with Gasteiger partial charge in [-0.2, -0.15) is 13.2 Å². The molecule has 0 aliphatic carbocycles. The molecule has 0 saturated carbocycles. The van der Waals surface area contributed by atoms with Crippen LogP contribution in [0.15, 0.2) is 0 Å². The van der Waals surface area contributed by atoms with Crippen LogP contribution >= 0.6 is 0 Å². The van der Waals surface area contributed by atoms with Gasteiger partial charge >= 0.3 is 6.18 Å². The van der Waals surface area contributed by atoms with Crippen molar-refractivity contribution >= 4 is 5.91 Å². The van der Waals surface area contributed by atoms with Crippen molar-refractivity contribution in [3.05, 3.63) is 0 Å². The molecule has 108 valence electrons. The molecule has 0 aliphatic heterocycles. The van der Waals surface area contributed by atoms with E-state index in [1.165, 1.54) is 0 Å². The maximum atomic E-state index is 12.4. The summed E-state index contributed by atoms with van der Waals surface area (Å²) in [4.78, 5) is 12.9. The Hall–Kier alpha value is -0.780. The van der Waals surface area contributed by atoms with Gasteiger partial charge in [-0.25, -0.2) is 0 Å². The third kappa shape index (κ3) is 6.83. The van der Waals surface area contributed by atoms with Gasteiger partial charge in [0.25, 0.3) is 0 Å². The van der Waals surface area contributed by atoms with E-state index in [2.05, 4.69) is 0 Å². The van der Waals surface area contributed by atoms with Gasteiger partial charge in [-0.15, -0.1) is 0 Å². The van der Waals surface area contributed by atoms with Gasteiger partial charge in [-0.1, -0.05) is 27.2 Å². The second kappa shape index (κ2) is 7.61. The number of nitrogens with two attached hydrogens (primary N) is 1. The van der Waals surface area contributed by atoms with E-state index >= 15 is 0 Å². The summed E-state index contributed by atoms with van der Waals surface area (Å²) >= 11 is 0. The fourth-order valence-electron chi connectivity index (χ4n) is 1.84. The molecule has 0 heterocycles. The Balaban J connectivity index is 4.76. The first-order valence-electron chi connectivity index (χ1n) is 6.26. The van der Waals surface area contributed by atoms with Gasteiger partial charge in [-0.05, 0) is 12.3 Å². The zero-order valence-corrected chi connectivity index (χ0v) is 11.3. The summed E-state index contributed by atoms with van der Waals surface area (Å²) < 4.78 is 37.3. The normalized spacial score (nSPS) is 13.8. The highest BCUT2D eigenvalue weighted by Crippen LogP contribution is 2.20. The van der Waals surface area contributed by atoms with Gasteiger partial charge in [0.15, 0.2) is 0 Å². The lowest BCUT2D eigenvalue weighted by Gasteiger charge is -2.29. The molecule has 0 fully saturated rings. The van der Waals surface area contributed by atoms with E-state index in [-0.39, 0.29) is 19.0 Å². The van der Waals surface area contributed by atoms with Crippen LogP contribution in [0.5, 0.6) is 0 Å². The van der Waals surface area contributed by atoms with Gasteiger partial charge in [0.2, 0.25) is 5.91 Å². The summed E-state index contributed by atoms with van der Waals surface area (Å²) in [6, 6.07) is 0. The van der Waals surface area contributed by atoms with Crippen molar-refractivity contribution in [2.24, 2.45) is 17.6 Å². The molecule has 1 amide bonds. The third-order valence-electron chi connectivity index (χ3n) is 2.54. The highest BCUT2D eigenvalue weighted by Gasteiger charge is 2.35. The number of hydrogen-bond donors (Lipinski definition) is 1. The smallest absolute Gasteiger partial charge is 0.333 e. The van der Waals surface area contributed by atoms with Crippen LogP contribution in [0.3, 0.4) is 0 Å². The van der Waals surface area contributed by atoms with Crippen LogP contribution in [-0.4, -0.2) is 36.6 Å². The van der Waals surface area contributed by atoms with E-state index < -0.39 is 24.5 Å². The second-order valence-corrected chi connectivity index (χ2v) is 4.95. The van der Waals surface area contributed by atoms with E-state index in [4.69, 9.17) is 5.73 Å². The molecule has 3 nitrogen and oxygen atoms in total. The monoisotopic (exact) mass is 268 g/mol. The quantitative estimate of drug-likeness (QED) is 0.770. The van der Waals surface area contributed by atoms with Crippen molar-refractivity contribution in [1.29, 1.82) is 0 Å². The Morgan fingerprint density at radius 2 is 1.89 bits per heavy atom. The van der Waals surface area contributed by atoms with E-state index in [0.29, 0.717) is 6.42 Å². The minimum Gasteiger partial charge on any atom is -0.333 e. The number of carbonyl (C=O) groups excluding carboxylic acids is 1. The van der Waals surface area contributed by atoms with E-state index in [1.807, 2.05) is 6.92 Å². The Morgan fingerprint density at radius 1 is 1.33 bits per heavy atom. The van der Waals surface area contributed by atoms with Crippen LogP contribution in [0.25, 0.3) is 0 Å². The fourth-order valence-corrected chi connectivity index (χ4v) is 1.84. The molecule has 0 radical (unpaired) electrons. The highest BCUT2D eigenvalue weighted by atomic mass is 19.4. The van der Waals surface area contributed by atoms with E-state index in [9.17, 15) is 18.0 Å². The van der Waals surface area contributed by atoms with Crippen LogP contribution in [-0.2, 0) is 4.79 Å². The molecule has 0 saturated heterocycles. The number of nitrogens with zero attached hydrogens (tertiary/aromatic N) is 1. The van der Waals surface area contributed by atoms with Crippen LogP contribution in [0.4, 0.5) is 13.2 Å². The van der Waals surface area contributed by atoms with Crippen LogP contribution < -0.4 is 5.73 Å². The summed E-state index contributed by atoms with van der Waals surface area (Å²) in [6.07, 6.45) is -3.10. The number of halogens is 3. The lowest BCUT2D eigenvalue weighted by atomic mass is 10.0. The molecule has 0 aliphatic rings. The standard InChI is InChI=1S/C12H23F3N2O/c1-4-5-10(6-16)11(18)17(7-9(2)3)8-12(13,14)15/h9-10H,4-8,16H2,1-3H3. The van der Waals surface area contributed by atoms with Gasteiger partial charge in [-0.3, -0.25) is 4.79 Å². The van der Waals surface area contributed by atoms with Crippen molar-refractivity contribution in [2.45, 2.75) is 39.8 Å². The molecule has 0 spiro atoms. The van der Waals surface area contributed by atoms with E-state index in [1.54, 1.807) is 13.8 Å². The van der Waals surface area contributed by atoms with Gasteiger partial charge in [0, 0.05) is 13.1 Å². The first-order chi connectivity index (χ1) is 8.21. The third-order valence-corrected chi connectivity index (χ3v) is 2.54. The lowest BCUT2D eigenvalue weighted by molar-refractivity contribution is -0.164.